The molecule has 0 bridgehead atoms. The summed E-state index contributed by atoms with van der Waals surface area (Å²) in [5.41, 5.74) is 0. The van der Waals surface area contributed by atoms with E-state index in [1.165, 1.54) is 49.8 Å². The Morgan fingerprint density at radius 1 is 1.00 bits per heavy atom. The molecular weight excluding hydrogens is 423 g/mol. The summed E-state index contributed by atoms with van der Waals surface area (Å²) in [5.74, 6) is 0.470. The monoisotopic (exact) mass is 462 g/mol. The van der Waals surface area contributed by atoms with Gasteiger partial charge in [0.1, 0.15) is 5.78 Å². The van der Waals surface area contributed by atoms with Crippen molar-refractivity contribution in [1.82, 2.24) is 0 Å². The van der Waals surface area contributed by atoms with E-state index in [0.29, 0.717) is 12.2 Å². The smallest absolute Gasteiger partial charge is 0.297 e. The summed E-state index contributed by atoms with van der Waals surface area (Å²) in [5, 5.41) is 2.05. The standard InChI is InChI=1S/C10H12OS.C8H17FO3S.C5H10/c11-9-5-2-1-4-8(9)10-6-3-7-12-10;1-2-3-4-5-6-7-8-13(10,11)12-9;1-2-4-5-3-1/h3,6-8H,1-2,4-5H2;2-8H2,1H3;1-5H2. The van der Waals surface area contributed by atoms with Crippen LogP contribution in [0.4, 0.5) is 4.53 Å². The van der Waals surface area contributed by atoms with Gasteiger partial charge < -0.3 is 0 Å². The third-order valence-electron chi connectivity index (χ3n) is 5.54. The van der Waals surface area contributed by atoms with E-state index in [0.717, 1.165) is 44.9 Å². The fraction of sp³-hybridized carbons (Fsp3) is 0.783. The van der Waals surface area contributed by atoms with Crippen LogP contribution in [0.5, 0.6) is 0 Å². The van der Waals surface area contributed by atoms with E-state index < -0.39 is 10.1 Å². The van der Waals surface area contributed by atoms with Crippen LogP contribution < -0.4 is 0 Å². The van der Waals surface area contributed by atoms with Gasteiger partial charge >= 0.3 is 0 Å². The van der Waals surface area contributed by atoms with Crippen LogP contribution in [-0.4, -0.2) is 20.0 Å². The van der Waals surface area contributed by atoms with E-state index in [2.05, 4.69) is 22.8 Å². The predicted octanol–water partition coefficient (Wildman–Crippen LogP) is 7.50. The second-order valence-corrected chi connectivity index (χ2v) is 10.8. The van der Waals surface area contributed by atoms with Crippen LogP contribution in [0.3, 0.4) is 0 Å². The van der Waals surface area contributed by atoms with Gasteiger partial charge in [-0.25, -0.2) is 0 Å². The number of halogens is 1. The largest absolute Gasteiger partial charge is 0.299 e. The first-order valence-electron chi connectivity index (χ1n) is 11.6. The van der Waals surface area contributed by atoms with Crippen LogP contribution in [-0.2, 0) is 19.3 Å². The van der Waals surface area contributed by atoms with Gasteiger partial charge in [-0.15, -0.1) is 11.3 Å². The lowest BCUT2D eigenvalue weighted by atomic mass is 9.87. The highest BCUT2D eigenvalue weighted by Crippen LogP contribution is 2.32. The van der Waals surface area contributed by atoms with E-state index in [-0.39, 0.29) is 11.7 Å². The Kier molecular flexibility index (Phi) is 15.3. The van der Waals surface area contributed by atoms with Gasteiger partial charge in [0.15, 0.2) is 0 Å². The number of thiophene rings is 1. The topological polar surface area (TPSA) is 60.4 Å². The normalized spacial score (nSPS) is 18.9. The average molecular weight is 463 g/mol. The number of carbonyl (C=O) groups is 1. The third-order valence-corrected chi connectivity index (χ3v) is 7.50. The molecule has 0 amide bonds. The molecule has 0 aliphatic heterocycles. The molecule has 1 atom stereocenters. The number of ketones is 1. The third kappa shape index (κ3) is 12.8. The number of rotatable bonds is 9. The fourth-order valence-corrected chi connectivity index (χ4v) is 5.25. The molecule has 0 radical (unpaired) electrons. The summed E-state index contributed by atoms with van der Waals surface area (Å²) < 4.78 is 35.1. The van der Waals surface area contributed by atoms with Crippen LogP contribution in [0.2, 0.25) is 0 Å². The van der Waals surface area contributed by atoms with Crippen LogP contribution in [0, 0.1) is 0 Å². The van der Waals surface area contributed by atoms with Crippen molar-refractivity contribution in [2.75, 3.05) is 5.75 Å². The van der Waals surface area contributed by atoms with Gasteiger partial charge in [0.2, 0.25) is 0 Å². The molecule has 30 heavy (non-hydrogen) atoms. The van der Waals surface area contributed by atoms with E-state index in [9.17, 15) is 17.7 Å². The molecule has 4 nitrogen and oxygen atoms in total. The molecule has 2 fully saturated rings. The summed E-state index contributed by atoms with van der Waals surface area (Å²) in [4.78, 5) is 12.8. The summed E-state index contributed by atoms with van der Waals surface area (Å²) in [6, 6.07) is 4.11. The first-order chi connectivity index (χ1) is 14.5. The minimum absolute atomic E-state index is 0.213. The molecule has 174 valence electrons. The number of hydrogen-bond donors (Lipinski definition) is 0. The molecule has 1 aromatic rings. The SMILES string of the molecule is C1CCCC1.CCCCCCCCS(=O)(=O)OF.O=C1CCCCC1c1cccs1. The molecular formula is C23H39FO4S2. The Morgan fingerprint density at radius 2 is 1.63 bits per heavy atom. The number of hydrogen-bond acceptors (Lipinski definition) is 5. The van der Waals surface area contributed by atoms with Crippen molar-refractivity contribution in [1.29, 1.82) is 0 Å². The second-order valence-electron chi connectivity index (χ2n) is 8.14. The zero-order valence-corrected chi connectivity index (χ0v) is 20.1. The van der Waals surface area contributed by atoms with Gasteiger partial charge in [0, 0.05) is 11.3 Å². The van der Waals surface area contributed by atoms with Gasteiger partial charge in [-0.3, -0.25) is 4.79 Å². The lowest BCUT2D eigenvalue weighted by molar-refractivity contribution is -0.121. The van der Waals surface area contributed by atoms with Crippen molar-refractivity contribution in [2.45, 2.75) is 109 Å². The first-order valence-corrected chi connectivity index (χ1v) is 14.0. The van der Waals surface area contributed by atoms with Crippen LogP contribution in [0.1, 0.15) is 114 Å². The molecule has 2 saturated carbocycles. The fourth-order valence-electron chi connectivity index (χ4n) is 3.75. The lowest BCUT2D eigenvalue weighted by Crippen LogP contribution is -2.15. The summed E-state index contributed by atoms with van der Waals surface area (Å²) >= 11 is 1.71. The van der Waals surface area contributed by atoms with Gasteiger partial charge in [0.25, 0.3) is 10.1 Å². The quantitative estimate of drug-likeness (QED) is 0.356. The first kappa shape index (κ1) is 27.2. The maximum Gasteiger partial charge on any atom is 0.297 e. The van der Waals surface area contributed by atoms with Gasteiger partial charge in [-0.2, -0.15) is 8.42 Å². The van der Waals surface area contributed by atoms with Crippen LogP contribution >= 0.6 is 11.3 Å². The van der Waals surface area contributed by atoms with E-state index in [1.807, 2.05) is 6.07 Å². The highest BCUT2D eigenvalue weighted by Gasteiger charge is 2.24. The van der Waals surface area contributed by atoms with Gasteiger partial charge in [0.05, 0.1) is 11.7 Å². The maximum absolute atomic E-state index is 11.5. The lowest BCUT2D eigenvalue weighted by Gasteiger charge is -2.18. The van der Waals surface area contributed by atoms with E-state index in [4.69, 9.17) is 0 Å². The van der Waals surface area contributed by atoms with Crippen molar-refractivity contribution < 1.29 is 22.1 Å². The van der Waals surface area contributed by atoms with E-state index >= 15 is 0 Å². The highest BCUT2D eigenvalue weighted by atomic mass is 32.2. The molecule has 2 aliphatic rings. The average Bonchev–Trinajstić information content (AvgIpc) is 3.48. The summed E-state index contributed by atoms with van der Waals surface area (Å²) in [6.07, 6.45) is 17.4. The van der Waals surface area contributed by atoms with Crippen molar-refractivity contribution >= 4 is 27.2 Å². The molecule has 0 saturated heterocycles. The van der Waals surface area contributed by atoms with Gasteiger partial charge in [-0.1, -0.05) is 88.0 Å². The molecule has 2 aliphatic carbocycles. The predicted molar refractivity (Wildman–Crippen MR) is 123 cm³/mol. The second kappa shape index (κ2) is 16.8. The molecule has 0 N–H and O–H groups in total. The van der Waals surface area contributed by atoms with Crippen LogP contribution in [0.15, 0.2) is 17.5 Å². The number of Topliss-reactive ketones (excluding diaryl/α,β-unsaturated/α-hetero) is 1. The van der Waals surface area contributed by atoms with Crippen molar-refractivity contribution in [3.05, 3.63) is 22.4 Å². The van der Waals surface area contributed by atoms with Crippen LogP contribution in [0.25, 0.3) is 0 Å². The zero-order valence-electron chi connectivity index (χ0n) is 18.5. The Morgan fingerprint density at radius 3 is 2.17 bits per heavy atom. The van der Waals surface area contributed by atoms with Crippen molar-refractivity contribution in [3.8, 4) is 0 Å². The molecule has 7 heteroatoms. The zero-order chi connectivity index (χ0) is 22.1. The van der Waals surface area contributed by atoms with Crippen molar-refractivity contribution in [2.24, 2.45) is 0 Å². The molecule has 0 aromatic carbocycles. The molecule has 1 aromatic heterocycles. The highest BCUT2D eigenvalue weighted by molar-refractivity contribution is 7.86. The molecule has 0 spiro atoms. The summed E-state index contributed by atoms with van der Waals surface area (Å²) in [6.45, 7) is 2.11. The minimum Gasteiger partial charge on any atom is -0.299 e. The Balaban J connectivity index is 0.000000244. The van der Waals surface area contributed by atoms with Gasteiger partial charge in [-0.05, 0) is 35.2 Å². The maximum atomic E-state index is 11.5. The van der Waals surface area contributed by atoms with Crippen molar-refractivity contribution in [3.63, 3.8) is 0 Å². The number of unbranched alkanes of at least 4 members (excludes halogenated alkanes) is 5. The summed E-state index contributed by atoms with van der Waals surface area (Å²) in [7, 11) is -3.88. The minimum atomic E-state index is -3.88. The Labute approximate surface area is 186 Å². The molecule has 1 unspecified atom stereocenters. The Hall–Kier alpha value is -0.790. The Bertz CT molecular complexity index is 633. The van der Waals surface area contributed by atoms with E-state index in [1.54, 1.807) is 11.3 Å². The number of carbonyl (C=O) groups excluding carboxylic acids is 1. The molecule has 3 rings (SSSR count). The molecule has 1 heterocycles.